The highest BCUT2D eigenvalue weighted by Crippen LogP contribution is 2.25. The highest BCUT2D eigenvalue weighted by atomic mass is 19.4. The Kier molecular flexibility index (Phi) is 6.94. The lowest BCUT2D eigenvalue weighted by Crippen LogP contribution is -2.37. The van der Waals surface area contributed by atoms with E-state index < -0.39 is 6.36 Å². The van der Waals surface area contributed by atoms with Crippen molar-refractivity contribution >= 4 is 0 Å². The molecule has 0 aliphatic rings. The molecule has 0 radical (unpaired) electrons. The van der Waals surface area contributed by atoms with Gasteiger partial charge in [-0.1, -0.05) is 19.1 Å². The van der Waals surface area contributed by atoms with Crippen LogP contribution in [0.15, 0.2) is 24.3 Å². The third kappa shape index (κ3) is 6.33. The molecule has 0 fully saturated rings. The van der Waals surface area contributed by atoms with Crippen LogP contribution < -0.4 is 15.8 Å². The predicted octanol–water partition coefficient (Wildman–Crippen LogP) is 2.34. The van der Waals surface area contributed by atoms with E-state index in [1.165, 1.54) is 18.2 Å². The van der Waals surface area contributed by atoms with Crippen LogP contribution in [0.5, 0.6) is 5.75 Å². The summed E-state index contributed by atoms with van der Waals surface area (Å²) in [7, 11) is 0. The molecular formula is C14H21F3N2O2. The molecular weight excluding hydrogens is 285 g/mol. The number of aliphatic hydroxyl groups excluding tert-OH is 1. The van der Waals surface area contributed by atoms with E-state index in [0.717, 1.165) is 6.42 Å². The summed E-state index contributed by atoms with van der Waals surface area (Å²) in [6.07, 6.45) is -3.37. The van der Waals surface area contributed by atoms with Crippen LogP contribution in [-0.4, -0.2) is 30.7 Å². The van der Waals surface area contributed by atoms with E-state index in [-0.39, 0.29) is 31.0 Å². The van der Waals surface area contributed by atoms with Gasteiger partial charge in [-0.05, 0) is 30.5 Å². The molecule has 4 nitrogen and oxygen atoms in total. The van der Waals surface area contributed by atoms with E-state index in [9.17, 15) is 13.2 Å². The van der Waals surface area contributed by atoms with Crippen molar-refractivity contribution in [3.63, 3.8) is 0 Å². The van der Waals surface area contributed by atoms with Gasteiger partial charge in [0.1, 0.15) is 5.75 Å². The van der Waals surface area contributed by atoms with Crippen molar-refractivity contribution in [2.45, 2.75) is 38.2 Å². The Morgan fingerprint density at radius 3 is 2.62 bits per heavy atom. The van der Waals surface area contributed by atoms with Crippen LogP contribution in [0.2, 0.25) is 0 Å². The van der Waals surface area contributed by atoms with Crippen molar-refractivity contribution in [1.82, 2.24) is 5.32 Å². The van der Waals surface area contributed by atoms with Crippen LogP contribution in [0.4, 0.5) is 13.2 Å². The molecule has 2 atom stereocenters. The zero-order valence-electron chi connectivity index (χ0n) is 11.9. The summed E-state index contributed by atoms with van der Waals surface area (Å²) in [5.74, 6) is -0.268. The minimum Gasteiger partial charge on any atom is -0.406 e. The molecule has 1 aromatic rings. The third-order valence-electron chi connectivity index (χ3n) is 3.14. The minimum atomic E-state index is -4.72. The van der Waals surface area contributed by atoms with E-state index in [4.69, 9.17) is 10.8 Å². The van der Waals surface area contributed by atoms with Crippen LogP contribution in [0.25, 0.3) is 0 Å². The molecule has 0 aliphatic heterocycles. The Morgan fingerprint density at radius 2 is 2.10 bits per heavy atom. The number of nitrogens with one attached hydrogen (secondary N) is 1. The molecule has 1 rings (SSSR count). The number of aliphatic hydroxyl groups is 1. The second kappa shape index (κ2) is 8.21. The normalized spacial score (nSPS) is 14.8. The van der Waals surface area contributed by atoms with Crippen molar-refractivity contribution in [3.8, 4) is 5.75 Å². The summed E-state index contributed by atoms with van der Waals surface area (Å²) in [6.45, 7) is 2.24. The van der Waals surface area contributed by atoms with Gasteiger partial charge in [0, 0.05) is 25.2 Å². The third-order valence-corrected chi connectivity index (χ3v) is 3.14. The molecule has 0 aromatic heterocycles. The highest BCUT2D eigenvalue weighted by Gasteiger charge is 2.31. The Morgan fingerprint density at radius 1 is 1.38 bits per heavy atom. The fourth-order valence-corrected chi connectivity index (χ4v) is 2.07. The molecule has 0 saturated carbocycles. The first kappa shape index (κ1) is 17.7. The predicted molar refractivity (Wildman–Crippen MR) is 73.8 cm³/mol. The largest absolute Gasteiger partial charge is 0.573 e. The van der Waals surface area contributed by atoms with Gasteiger partial charge >= 0.3 is 6.36 Å². The Balaban J connectivity index is 2.83. The van der Waals surface area contributed by atoms with Crippen molar-refractivity contribution in [2.75, 3.05) is 13.2 Å². The second-order valence-electron chi connectivity index (χ2n) is 4.69. The van der Waals surface area contributed by atoms with Crippen molar-refractivity contribution in [3.05, 3.63) is 29.8 Å². The average Bonchev–Trinajstić information content (AvgIpc) is 2.41. The molecule has 2 unspecified atom stereocenters. The van der Waals surface area contributed by atoms with Gasteiger partial charge in [-0.15, -0.1) is 13.2 Å². The average molecular weight is 306 g/mol. The van der Waals surface area contributed by atoms with E-state index in [2.05, 4.69) is 10.1 Å². The molecule has 21 heavy (non-hydrogen) atoms. The summed E-state index contributed by atoms with van der Waals surface area (Å²) < 4.78 is 40.6. The molecule has 0 bridgehead atoms. The molecule has 0 aliphatic carbocycles. The zero-order valence-corrected chi connectivity index (χ0v) is 11.9. The van der Waals surface area contributed by atoms with Crippen molar-refractivity contribution in [1.29, 1.82) is 0 Å². The van der Waals surface area contributed by atoms with Gasteiger partial charge < -0.3 is 20.9 Å². The topological polar surface area (TPSA) is 67.5 Å². The first-order chi connectivity index (χ1) is 9.89. The number of halogens is 3. The van der Waals surface area contributed by atoms with Gasteiger partial charge in [0.25, 0.3) is 0 Å². The van der Waals surface area contributed by atoms with Crippen molar-refractivity contribution < 1.29 is 23.0 Å². The first-order valence-electron chi connectivity index (χ1n) is 6.82. The molecule has 0 heterocycles. The first-order valence-corrected chi connectivity index (χ1v) is 6.82. The lowest BCUT2D eigenvalue weighted by atomic mass is 10.0. The maximum atomic E-state index is 12.2. The van der Waals surface area contributed by atoms with E-state index in [1.807, 2.05) is 6.92 Å². The van der Waals surface area contributed by atoms with Gasteiger partial charge in [0.2, 0.25) is 0 Å². The molecule has 4 N–H and O–H groups in total. The fourth-order valence-electron chi connectivity index (χ4n) is 2.07. The quantitative estimate of drug-likeness (QED) is 0.689. The standard InChI is InChI=1S/C14H21F3N2O2/c1-2-11(6-7-20)19-13(9-18)10-4-3-5-12(8-10)21-14(15,16)17/h3-5,8,11,13,19-20H,2,6-7,9,18H2,1H3. The smallest absolute Gasteiger partial charge is 0.406 e. The molecule has 7 heteroatoms. The summed E-state index contributed by atoms with van der Waals surface area (Å²) >= 11 is 0. The number of rotatable bonds is 8. The van der Waals surface area contributed by atoms with Crippen LogP contribution in [-0.2, 0) is 0 Å². The number of ether oxygens (including phenoxy) is 1. The van der Waals surface area contributed by atoms with Crippen LogP contribution in [0.3, 0.4) is 0 Å². The van der Waals surface area contributed by atoms with Crippen LogP contribution in [0.1, 0.15) is 31.4 Å². The maximum Gasteiger partial charge on any atom is 0.573 e. The van der Waals surface area contributed by atoms with Crippen LogP contribution >= 0.6 is 0 Å². The number of benzene rings is 1. The Bertz CT molecular complexity index is 427. The highest BCUT2D eigenvalue weighted by molar-refractivity contribution is 5.31. The molecule has 1 aromatic carbocycles. The summed E-state index contributed by atoms with van der Waals surface area (Å²) in [6, 6.07) is 5.51. The van der Waals surface area contributed by atoms with Crippen LogP contribution in [0, 0.1) is 0 Å². The van der Waals surface area contributed by atoms with Gasteiger partial charge in [0.15, 0.2) is 0 Å². The van der Waals surface area contributed by atoms with Gasteiger partial charge in [-0.3, -0.25) is 0 Å². The maximum absolute atomic E-state index is 12.2. The lowest BCUT2D eigenvalue weighted by Gasteiger charge is -2.24. The number of alkyl halides is 3. The van der Waals surface area contributed by atoms with E-state index in [1.54, 1.807) is 6.07 Å². The lowest BCUT2D eigenvalue weighted by molar-refractivity contribution is -0.274. The Hall–Kier alpha value is -1.31. The SMILES string of the molecule is CCC(CCO)NC(CN)c1cccc(OC(F)(F)F)c1. The number of hydrogen-bond acceptors (Lipinski definition) is 4. The van der Waals surface area contributed by atoms with Gasteiger partial charge in [-0.25, -0.2) is 0 Å². The van der Waals surface area contributed by atoms with Gasteiger partial charge in [0.05, 0.1) is 0 Å². The zero-order chi connectivity index (χ0) is 15.9. The minimum absolute atomic E-state index is 0.0417. The molecule has 0 amide bonds. The summed E-state index contributed by atoms with van der Waals surface area (Å²) in [4.78, 5) is 0. The Labute approximate surface area is 122 Å². The summed E-state index contributed by atoms with van der Waals surface area (Å²) in [5.41, 5.74) is 6.31. The molecule has 0 saturated heterocycles. The molecule has 0 spiro atoms. The number of hydrogen-bond donors (Lipinski definition) is 3. The van der Waals surface area contributed by atoms with E-state index in [0.29, 0.717) is 12.0 Å². The second-order valence-corrected chi connectivity index (χ2v) is 4.69. The fraction of sp³-hybridized carbons (Fsp3) is 0.571. The number of nitrogens with two attached hydrogens (primary N) is 1. The van der Waals surface area contributed by atoms with Gasteiger partial charge in [-0.2, -0.15) is 0 Å². The molecule has 120 valence electrons. The monoisotopic (exact) mass is 306 g/mol. The van der Waals surface area contributed by atoms with Crippen molar-refractivity contribution in [2.24, 2.45) is 5.73 Å². The van der Waals surface area contributed by atoms with E-state index >= 15 is 0 Å². The summed E-state index contributed by atoms with van der Waals surface area (Å²) in [5, 5.41) is 12.2.